The van der Waals surface area contributed by atoms with E-state index in [1.165, 1.54) is 0 Å². The number of hydrogen-bond acceptors (Lipinski definition) is 4. The first-order valence-corrected chi connectivity index (χ1v) is 7.99. The number of benzene rings is 2. The number of methoxy groups -OCH3 is 1. The van der Waals surface area contributed by atoms with E-state index in [0.29, 0.717) is 41.8 Å². The van der Waals surface area contributed by atoms with Crippen LogP contribution in [0.4, 0.5) is 0 Å². The predicted molar refractivity (Wildman–Crippen MR) is 93.4 cm³/mol. The topological polar surface area (TPSA) is 56.8 Å². The van der Waals surface area contributed by atoms with Crippen molar-refractivity contribution in [3.8, 4) is 17.2 Å². The number of ether oxygens (including phenoxy) is 3. The summed E-state index contributed by atoms with van der Waals surface area (Å²) in [6, 6.07) is 12.2. The number of hydrogen-bond donors (Lipinski definition) is 1. The molecule has 0 radical (unpaired) electrons. The lowest BCUT2D eigenvalue weighted by Gasteiger charge is -2.10. The third-order valence-electron chi connectivity index (χ3n) is 3.19. The van der Waals surface area contributed by atoms with Crippen LogP contribution in [0, 0.1) is 0 Å². The molecule has 0 aliphatic rings. The van der Waals surface area contributed by atoms with Crippen LogP contribution >= 0.6 is 11.6 Å². The second-order valence-corrected chi connectivity index (χ2v) is 5.27. The summed E-state index contributed by atoms with van der Waals surface area (Å²) in [5, 5.41) is 3.20. The van der Waals surface area contributed by atoms with Crippen LogP contribution in [0.3, 0.4) is 0 Å². The van der Waals surface area contributed by atoms with Crippen molar-refractivity contribution in [1.82, 2.24) is 5.32 Å². The van der Waals surface area contributed by atoms with Crippen molar-refractivity contribution in [3.05, 3.63) is 53.1 Å². The van der Waals surface area contributed by atoms with Gasteiger partial charge in [-0.1, -0.05) is 17.7 Å². The molecule has 2 aromatic rings. The Bertz CT molecular complexity index is 690. The van der Waals surface area contributed by atoms with Crippen LogP contribution in [0.2, 0.25) is 5.02 Å². The van der Waals surface area contributed by atoms with E-state index in [0.717, 1.165) is 5.75 Å². The summed E-state index contributed by atoms with van der Waals surface area (Å²) in [6.45, 7) is 3.12. The molecule has 0 saturated heterocycles. The monoisotopic (exact) mass is 349 g/mol. The summed E-state index contributed by atoms with van der Waals surface area (Å²) >= 11 is 6.08. The number of rotatable bonds is 8. The maximum Gasteiger partial charge on any atom is 0.251 e. The Labute approximate surface area is 146 Å². The van der Waals surface area contributed by atoms with Crippen molar-refractivity contribution in [2.75, 3.05) is 26.9 Å². The van der Waals surface area contributed by atoms with Gasteiger partial charge in [-0.05, 0) is 37.3 Å². The molecule has 0 heterocycles. The Kier molecular flexibility index (Phi) is 6.75. The highest BCUT2D eigenvalue weighted by Gasteiger charge is 2.09. The lowest BCUT2D eigenvalue weighted by atomic mass is 10.2. The van der Waals surface area contributed by atoms with Gasteiger partial charge in [0, 0.05) is 11.6 Å². The highest BCUT2D eigenvalue weighted by Crippen LogP contribution is 2.25. The molecule has 0 aliphatic heterocycles. The van der Waals surface area contributed by atoms with Crippen LogP contribution in [0.25, 0.3) is 0 Å². The van der Waals surface area contributed by atoms with E-state index in [2.05, 4.69) is 5.32 Å². The maximum absolute atomic E-state index is 12.1. The third-order valence-corrected chi connectivity index (χ3v) is 3.49. The molecular weight excluding hydrogens is 330 g/mol. The predicted octanol–water partition coefficient (Wildman–Crippen LogP) is 3.56. The first-order valence-electron chi connectivity index (χ1n) is 7.61. The molecule has 0 fully saturated rings. The highest BCUT2D eigenvalue weighted by molar-refractivity contribution is 6.32. The van der Waals surface area contributed by atoms with E-state index in [1.807, 2.05) is 25.1 Å². The van der Waals surface area contributed by atoms with Gasteiger partial charge in [-0.3, -0.25) is 4.79 Å². The molecule has 0 unspecified atom stereocenters. The molecule has 2 rings (SSSR count). The zero-order valence-corrected chi connectivity index (χ0v) is 14.4. The van der Waals surface area contributed by atoms with Gasteiger partial charge in [0.2, 0.25) is 0 Å². The summed E-state index contributed by atoms with van der Waals surface area (Å²) in [5.41, 5.74) is 0.477. The first kappa shape index (κ1) is 17.9. The molecule has 6 heteroatoms. The van der Waals surface area contributed by atoms with Gasteiger partial charge in [0.25, 0.3) is 5.91 Å². The SMILES string of the molecule is CCOc1ccc(C(=O)NCCOc2cccc(OC)c2)cc1Cl. The van der Waals surface area contributed by atoms with Crippen LogP contribution in [0.1, 0.15) is 17.3 Å². The van der Waals surface area contributed by atoms with Crippen molar-refractivity contribution < 1.29 is 19.0 Å². The smallest absolute Gasteiger partial charge is 0.251 e. The molecule has 0 spiro atoms. The lowest BCUT2D eigenvalue weighted by molar-refractivity contribution is 0.0947. The van der Waals surface area contributed by atoms with E-state index in [9.17, 15) is 4.79 Å². The molecule has 1 amide bonds. The number of carbonyl (C=O) groups excluding carboxylic acids is 1. The summed E-state index contributed by atoms with van der Waals surface area (Å²) in [6.07, 6.45) is 0. The van der Waals surface area contributed by atoms with Crippen molar-refractivity contribution in [2.24, 2.45) is 0 Å². The number of amides is 1. The molecule has 0 aromatic heterocycles. The quantitative estimate of drug-likeness (QED) is 0.740. The standard InChI is InChI=1S/C18H20ClNO4/c1-3-23-17-8-7-13(11-16(17)19)18(21)20-9-10-24-15-6-4-5-14(12-15)22-2/h4-8,11-12H,3,9-10H2,1-2H3,(H,20,21). The minimum atomic E-state index is -0.214. The molecule has 0 aliphatic carbocycles. The Balaban J connectivity index is 1.81. The summed E-state index contributed by atoms with van der Waals surface area (Å²) in [5.74, 6) is 1.76. The van der Waals surface area contributed by atoms with Crippen molar-refractivity contribution >= 4 is 17.5 Å². The Hall–Kier alpha value is -2.40. The van der Waals surface area contributed by atoms with Gasteiger partial charge in [-0.25, -0.2) is 0 Å². The first-order chi connectivity index (χ1) is 11.6. The van der Waals surface area contributed by atoms with E-state index in [1.54, 1.807) is 31.4 Å². The molecule has 128 valence electrons. The average molecular weight is 350 g/mol. The zero-order valence-electron chi connectivity index (χ0n) is 13.7. The Morgan fingerprint density at radius 1 is 1.12 bits per heavy atom. The molecule has 0 saturated carbocycles. The van der Waals surface area contributed by atoms with Gasteiger partial charge >= 0.3 is 0 Å². The summed E-state index contributed by atoms with van der Waals surface area (Å²) < 4.78 is 16.0. The van der Waals surface area contributed by atoms with E-state index >= 15 is 0 Å². The average Bonchev–Trinajstić information content (AvgIpc) is 2.60. The molecule has 0 atom stereocenters. The van der Waals surface area contributed by atoms with E-state index in [-0.39, 0.29) is 5.91 Å². The van der Waals surface area contributed by atoms with Crippen LogP contribution in [-0.2, 0) is 0 Å². The fraction of sp³-hybridized carbons (Fsp3) is 0.278. The third kappa shape index (κ3) is 5.06. The van der Waals surface area contributed by atoms with Gasteiger partial charge in [0.1, 0.15) is 23.9 Å². The Morgan fingerprint density at radius 2 is 1.92 bits per heavy atom. The van der Waals surface area contributed by atoms with Crippen LogP contribution < -0.4 is 19.5 Å². The van der Waals surface area contributed by atoms with Crippen LogP contribution in [-0.4, -0.2) is 32.8 Å². The largest absolute Gasteiger partial charge is 0.497 e. The number of carbonyl (C=O) groups is 1. The fourth-order valence-electron chi connectivity index (χ4n) is 2.04. The molecule has 24 heavy (non-hydrogen) atoms. The van der Waals surface area contributed by atoms with Gasteiger partial charge < -0.3 is 19.5 Å². The van der Waals surface area contributed by atoms with Gasteiger partial charge in [0.15, 0.2) is 0 Å². The second kappa shape index (κ2) is 9.03. The molecule has 0 bridgehead atoms. The lowest BCUT2D eigenvalue weighted by Crippen LogP contribution is -2.28. The zero-order chi connectivity index (χ0) is 17.4. The second-order valence-electron chi connectivity index (χ2n) is 4.86. The highest BCUT2D eigenvalue weighted by atomic mass is 35.5. The number of halogens is 1. The van der Waals surface area contributed by atoms with Crippen LogP contribution in [0.15, 0.2) is 42.5 Å². The van der Waals surface area contributed by atoms with Crippen molar-refractivity contribution in [1.29, 1.82) is 0 Å². The Morgan fingerprint density at radius 3 is 2.62 bits per heavy atom. The molecular formula is C18H20ClNO4. The van der Waals surface area contributed by atoms with Gasteiger partial charge in [-0.15, -0.1) is 0 Å². The minimum absolute atomic E-state index is 0.214. The maximum atomic E-state index is 12.1. The van der Waals surface area contributed by atoms with E-state index in [4.69, 9.17) is 25.8 Å². The summed E-state index contributed by atoms with van der Waals surface area (Å²) in [7, 11) is 1.60. The molecule has 2 aromatic carbocycles. The van der Waals surface area contributed by atoms with Crippen LogP contribution in [0.5, 0.6) is 17.2 Å². The van der Waals surface area contributed by atoms with Gasteiger partial charge in [-0.2, -0.15) is 0 Å². The normalized spacial score (nSPS) is 10.1. The van der Waals surface area contributed by atoms with Gasteiger partial charge in [0.05, 0.1) is 25.3 Å². The van der Waals surface area contributed by atoms with E-state index < -0.39 is 0 Å². The van der Waals surface area contributed by atoms with Crippen molar-refractivity contribution in [2.45, 2.75) is 6.92 Å². The minimum Gasteiger partial charge on any atom is -0.497 e. The number of nitrogens with one attached hydrogen (secondary N) is 1. The van der Waals surface area contributed by atoms with Crippen molar-refractivity contribution in [3.63, 3.8) is 0 Å². The molecule has 1 N–H and O–H groups in total. The molecule has 5 nitrogen and oxygen atoms in total. The summed E-state index contributed by atoms with van der Waals surface area (Å²) in [4.78, 5) is 12.1. The fourth-order valence-corrected chi connectivity index (χ4v) is 2.28.